The van der Waals surface area contributed by atoms with Gasteiger partial charge in [0.15, 0.2) is 0 Å². The molecule has 0 radical (unpaired) electrons. The van der Waals surface area contributed by atoms with Crippen LogP contribution in [-0.4, -0.2) is 29.6 Å². The molecule has 0 aromatic carbocycles. The number of hydrogen-bond donors (Lipinski definition) is 0. The van der Waals surface area contributed by atoms with Crippen molar-refractivity contribution in [2.45, 2.75) is 95.7 Å². The van der Waals surface area contributed by atoms with Crippen LogP contribution >= 0.6 is 0 Å². The van der Waals surface area contributed by atoms with E-state index in [9.17, 15) is 4.79 Å². The Kier molecular flexibility index (Phi) is 4.39. The van der Waals surface area contributed by atoms with E-state index in [0.717, 1.165) is 19.4 Å². The van der Waals surface area contributed by atoms with Crippen molar-refractivity contribution in [2.75, 3.05) is 6.54 Å². The van der Waals surface area contributed by atoms with E-state index in [4.69, 9.17) is 4.74 Å². The van der Waals surface area contributed by atoms with Crippen LogP contribution in [0.5, 0.6) is 0 Å². The summed E-state index contributed by atoms with van der Waals surface area (Å²) in [5.74, 6) is 1.73. The van der Waals surface area contributed by atoms with Gasteiger partial charge in [0.05, 0.1) is 12.2 Å². The van der Waals surface area contributed by atoms with E-state index in [-0.39, 0.29) is 5.92 Å². The number of carbonyl (C=O) groups is 1. The fourth-order valence-corrected chi connectivity index (χ4v) is 6.67. The third kappa shape index (κ3) is 2.78. The molecule has 0 N–H and O–H groups in total. The molecule has 2 aliphatic heterocycles. The van der Waals surface area contributed by atoms with Crippen LogP contribution in [0.1, 0.15) is 83.5 Å². The quantitative estimate of drug-likeness (QED) is 0.684. The maximum absolute atomic E-state index is 13.8. The van der Waals surface area contributed by atoms with Gasteiger partial charge in [-0.3, -0.25) is 4.79 Å². The first-order valence-electron chi connectivity index (χ1n) is 11.0. The smallest absolute Gasteiger partial charge is 0.230 e. The summed E-state index contributed by atoms with van der Waals surface area (Å²) in [6, 6.07) is 0. The van der Waals surface area contributed by atoms with Crippen molar-refractivity contribution in [3.05, 3.63) is 11.3 Å². The van der Waals surface area contributed by atoms with Crippen LogP contribution in [0.3, 0.4) is 0 Å². The number of ether oxygens (including phenoxy) is 1. The highest BCUT2D eigenvalue weighted by atomic mass is 16.5. The number of rotatable bonds is 1. The number of allylic oxidation sites excluding steroid dienone is 1. The maximum Gasteiger partial charge on any atom is 0.230 e. The second-order valence-corrected chi connectivity index (χ2v) is 9.13. The first kappa shape index (κ1) is 16.4. The summed E-state index contributed by atoms with van der Waals surface area (Å²) in [6.45, 7) is 0.968. The lowest BCUT2D eigenvalue weighted by atomic mass is 9.64. The molecule has 0 spiro atoms. The molecule has 4 atom stereocenters. The topological polar surface area (TPSA) is 29.5 Å². The van der Waals surface area contributed by atoms with Gasteiger partial charge in [0.2, 0.25) is 5.91 Å². The maximum atomic E-state index is 13.8. The first-order chi connectivity index (χ1) is 12.3. The predicted octanol–water partition coefficient (Wildman–Crippen LogP) is 4.81. The van der Waals surface area contributed by atoms with Crippen molar-refractivity contribution in [3.63, 3.8) is 0 Å². The summed E-state index contributed by atoms with van der Waals surface area (Å²) in [7, 11) is 0. The summed E-state index contributed by atoms with van der Waals surface area (Å²) in [5.41, 5.74) is 3.04. The van der Waals surface area contributed by atoms with Gasteiger partial charge >= 0.3 is 0 Å². The molecule has 0 bridgehead atoms. The van der Waals surface area contributed by atoms with Gasteiger partial charge in [0, 0.05) is 18.2 Å². The lowest BCUT2D eigenvalue weighted by Crippen LogP contribution is -2.55. The lowest BCUT2D eigenvalue weighted by Gasteiger charge is -2.51. The van der Waals surface area contributed by atoms with Crippen LogP contribution in [0.4, 0.5) is 0 Å². The van der Waals surface area contributed by atoms with Gasteiger partial charge in [-0.25, -0.2) is 0 Å². The van der Waals surface area contributed by atoms with Crippen LogP contribution in [-0.2, 0) is 9.53 Å². The molecule has 3 heteroatoms. The number of hydrogen-bond acceptors (Lipinski definition) is 2. The highest BCUT2D eigenvalue weighted by Gasteiger charge is 2.51. The molecule has 2 saturated carbocycles. The third-order valence-electron chi connectivity index (χ3n) is 7.84. The molecule has 3 aliphatic carbocycles. The van der Waals surface area contributed by atoms with Crippen LogP contribution in [0, 0.1) is 17.8 Å². The molecule has 3 nitrogen and oxygen atoms in total. The van der Waals surface area contributed by atoms with Gasteiger partial charge in [0.1, 0.15) is 0 Å². The van der Waals surface area contributed by atoms with Crippen LogP contribution in [0.15, 0.2) is 11.3 Å². The first-order valence-corrected chi connectivity index (χ1v) is 11.0. The normalized spacial score (nSPS) is 41.1. The SMILES string of the molecule is O=C(C1C2CCCCC2OC2CCCCC21)N1CCC2=C1CCCC2. The van der Waals surface area contributed by atoms with E-state index in [0.29, 0.717) is 30.0 Å². The zero-order chi connectivity index (χ0) is 16.8. The second kappa shape index (κ2) is 6.72. The Labute approximate surface area is 152 Å². The molecule has 5 aliphatic rings. The van der Waals surface area contributed by atoms with E-state index in [2.05, 4.69) is 4.90 Å². The van der Waals surface area contributed by atoms with E-state index < -0.39 is 0 Å². The monoisotopic (exact) mass is 343 g/mol. The second-order valence-electron chi connectivity index (χ2n) is 9.13. The fourth-order valence-electron chi connectivity index (χ4n) is 6.67. The van der Waals surface area contributed by atoms with Gasteiger partial charge in [-0.15, -0.1) is 0 Å². The minimum Gasteiger partial charge on any atom is -0.374 e. The summed E-state index contributed by atoms with van der Waals surface area (Å²) < 4.78 is 6.56. The fraction of sp³-hybridized carbons (Fsp3) is 0.864. The minimum atomic E-state index is 0.248. The number of nitrogens with zero attached hydrogens (tertiary/aromatic N) is 1. The van der Waals surface area contributed by atoms with E-state index in [1.165, 1.54) is 76.3 Å². The van der Waals surface area contributed by atoms with Crippen LogP contribution in [0.25, 0.3) is 0 Å². The summed E-state index contributed by atoms with van der Waals surface area (Å²) in [6.07, 6.45) is 16.8. The highest BCUT2D eigenvalue weighted by Crippen LogP contribution is 2.49. The average molecular weight is 344 g/mol. The molecule has 138 valence electrons. The van der Waals surface area contributed by atoms with E-state index in [1.807, 2.05) is 0 Å². The molecule has 4 unspecified atom stereocenters. The number of fused-ring (bicyclic) bond motifs is 2. The molecular formula is C22H33NO2. The summed E-state index contributed by atoms with van der Waals surface area (Å²) >= 11 is 0. The van der Waals surface area contributed by atoms with E-state index in [1.54, 1.807) is 5.57 Å². The van der Waals surface area contributed by atoms with Crippen LogP contribution < -0.4 is 0 Å². The predicted molar refractivity (Wildman–Crippen MR) is 97.9 cm³/mol. The Balaban J connectivity index is 1.44. The summed E-state index contributed by atoms with van der Waals surface area (Å²) in [4.78, 5) is 16.1. The molecule has 25 heavy (non-hydrogen) atoms. The largest absolute Gasteiger partial charge is 0.374 e. The Morgan fingerprint density at radius 3 is 2.16 bits per heavy atom. The van der Waals surface area contributed by atoms with E-state index >= 15 is 0 Å². The highest BCUT2D eigenvalue weighted by molar-refractivity contribution is 5.82. The zero-order valence-electron chi connectivity index (χ0n) is 15.5. The molecule has 5 rings (SSSR count). The van der Waals surface area contributed by atoms with Gasteiger partial charge < -0.3 is 9.64 Å². The Bertz CT molecular complexity index is 546. The molecule has 1 saturated heterocycles. The lowest BCUT2D eigenvalue weighted by molar-refractivity contribution is -0.184. The molecule has 2 heterocycles. The van der Waals surface area contributed by atoms with Crippen LogP contribution in [0.2, 0.25) is 0 Å². The minimum absolute atomic E-state index is 0.248. The molecule has 1 amide bonds. The molecule has 3 fully saturated rings. The third-order valence-corrected chi connectivity index (χ3v) is 7.84. The molecule has 0 aromatic heterocycles. The Morgan fingerprint density at radius 1 is 0.800 bits per heavy atom. The Morgan fingerprint density at radius 2 is 1.44 bits per heavy atom. The zero-order valence-corrected chi connectivity index (χ0v) is 15.5. The van der Waals surface area contributed by atoms with Crippen molar-refractivity contribution in [1.82, 2.24) is 4.90 Å². The average Bonchev–Trinajstić information content (AvgIpc) is 3.09. The summed E-state index contributed by atoms with van der Waals surface area (Å²) in [5, 5.41) is 0. The molecule has 0 aromatic rings. The van der Waals surface area contributed by atoms with Crippen molar-refractivity contribution in [2.24, 2.45) is 17.8 Å². The van der Waals surface area contributed by atoms with Gasteiger partial charge in [-0.2, -0.15) is 0 Å². The molecular weight excluding hydrogens is 310 g/mol. The van der Waals surface area contributed by atoms with Gasteiger partial charge in [-0.05, 0) is 75.2 Å². The van der Waals surface area contributed by atoms with Crippen molar-refractivity contribution in [3.8, 4) is 0 Å². The Hall–Kier alpha value is -0.830. The standard InChI is InChI=1S/C22H33NO2/c24-22(23-14-13-15-7-1-4-10-18(15)23)21-16-8-2-5-11-19(16)25-20-12-6-3-9-17(20)21/h16-17,19-21H,1-14H2. The number of carbonyl (C=O) groups excluding carboxylic acids is 1. The van der Waals surface area contributed by atoms with Gasteiger partial charge in [0.25, 0.3) is 0 Å². The van der Waals surface area contributed by atoms with Gasteiger partial charge in [-0.1, -0.05) is 25.7 Å². The van der Waals surface area contributed by atoms with Crippen molar-refractivity contribution in [1.29, 1.82) is 0 Å². The van der Waals surface area contributed by atoms with Crippen molar-refractivity contribution >= 4 is 5.91 Å². The van der Waals surface area contributed by atoms with Crippen molar-refractivity contribution < 1.29 is 9.53 Å². The number of amides is 1.